The van der Waals surface area contributed by atoms with Crippen molar-refractivity contribution in [2.75, 3.05) is 0 Å². The van der Waals surface area contributed by atoms with Crippen LogP contribution in [0.2, 0.25) is 0 Å². The van der Waals surface area contributed by atoms with Gasteiger partial charge in [0.1, 0.15) is 17.2 Å². The zero-order chi connectivity index (χ0) is 24.1. The first-order valence-corrected chi connectivity index (χ1v) is 12.1. The Kier molecular flexibility index (Phi) is 7.58. The molecule has 0 bridgehead atoms. The summed E-state index contributed by atoms with van der Waals surface area (Å²) in [6.07, 6.45) is -0.906. The lowest BCUT2D eigenvalue weighted by atomic mass is 9.84. The van der Waals surface area contributed by atoms with Gasteiger partial charge in [0, 0.05) is 23.0 Å². The van der Waals surface area contributed by atoms with Crippen LogP contribution in [0.1, 0.15) is 41.0 Å². The Morgan fingerprint density at radius 1 is 1.06 bits per heavy atom. The molecule has 3 aromatic rings. The van der Waals surface area contributed by atoms with E-state index in [1.54, 1.807) is 48.5 Å². The van der Waals surface area contributed by atoms with E-state index < -0.39 is 17.0 Å². The molecule has 0 spiro atoms. The minimum absolute atomic E-state index is 0.0392. The average molecular weight is 490 g/mol. The predicted octanol–water partition coefficient (Wildman–Crippen LogP) is 6.75. The Morgan fingerprint density at radius 3 is 2.44 bits per heavy atom. The fraction of sp³-hybridized carbons (Fsp3) is 0.346. The Morgan fingerprint density at radius 2 is 1.76 bits per heavy atom. The molecule has 4 rings (SSSR count). The second-order valence-corrected chi connectivity index (χ2v) is 9.61. The Hall–Kier alpha value is -2.84. The largest absolute Gasteiger partial charge is 0.488 e. The lowest BCUT2D eigenvalue weighted by Crippen LogP contribution is -2.41. The van der Waals surface area contributed by atoms with Gasteiger partial charge in [0.2, 0.25) is 0 Å². The van der Waals surface area contributed by atoms with Crippen molar-refractivity contribution in [2.24, 2.45) is 5.92 Å². The fourth-order valence-electron chi connectivity index (χ4n) is 4.33. The molecular formula is C26H26F3NO3S. The maximum atomic E-state index is 13.6. The van der Waals surface area contributed by atoms with Crippen molar-refractivity contribution in [1.29, 1.82) is 0 Å². The van der Waals surface area contributed by atoms with E-state index in [4.69, 9.17) is 4.74 Å². The van der Waals surface area contributed by atoms with Gasteiger partial charge in [-0.1, -0.05) is 55.3 Å². The number of carboxylic acids is 1. The van der Waals surface area contributed by atoms with E-state index in [-0.39, 0.29) is 24.1 Å². The summed E-state index contributed by atoms with van der Waals surface area (Å²) < 4.78 is 46.4. The Bertz CT molecular complexity index is 1100. The first-order valence-electron chi connectivity index (χ1n) is 11.2. The quantitative estimate of drug-likeness (QED) is 0.368. The number of hydrogen-bond donors (Lipinski definition) is 2. The van der Waals surface area contributed by atoms with Gasteiger partial charge in [-0.25, -0.2) is 0 Å². The van der Waals surface area contributed by atoms with Gasteiger partial charge >= 0.3 is 12.1 Å². The van der Waals surface area contributed by atoms with Gasteiger partial charge in [-0.05, 0) is 42.2 Å². The Labute approximate surface area is 200 Å². The second kappa shape index (κ2) is 10.6. The van der Waals surface area contributed by atoms with Gasteiger partial charge in [-0.3, -0.25) is 4.79 Å². The normalized spacial score (nSPS) is 18.6. The van der Waals surface area contributed by atoms with Crippen LogP contribution in [0.25, 0.3) is 11.1 Å². The number of benzene rings is 2. The van der Waals surface area contributed by atoms with Crippen LogP contribution in [0.3, 0.4) is 0 Å². The van der Waals surface area contributed by atoms with Crippen molar-refractivity contribution in [3.05, 3.63) is 76.0 Å². The van der Waals surface area contributed by atoms with Crippen LogP contribution in [-0.2, 0) is 24.1 Å². The smallest absolute Gasteiger partial charge is 0.426 e. The van der Waals surface area contributed by atoms with E-state index in [0.717, 1.165) is 24.8 Å². The number of hydrogen-bond acceptors (Lipinski definition) is 4. The van der Waals surface area contributed by atoms with Crippen molar-refractivity contribution in [3.8, 4) is 16.9 Å². The summed E-state index contributed by atoms with van der Waals surface area (Å²) in [4.78, 5) is 11.3. The zero-order valence-corrected chi connectivity index (χ0v) is 19.3. The van der Waals surface area contributed by atoms with Crippen LogP contribution in [0.4, 0.5) is 13.2 Å². The molecular weight excluding hydrogens is 463 g/mol. The van der Waals surface area contributed by atoms with Crippen LogP contribution in [0, 0.1) is 5.92 Å². The van der Waals surface area contributed by atoms with Gasteiger partial charge in [0.15, 0.2) is 0 Å². The molecule has 0 saturated heterocycles. The van der Waals surface area contributed by atoms with Crippen molar-refractivity contribution >= 4 is 17.3 Å². The molecule has 8 heteroatoms. The number of carboxylic acid groups (broad SMARTS) is 1. The second-order valence-electron chi connectivity index (χ2n) is 8.47. The van der Waals surface area contributed by atoms with E-state index in [1.165, 1.54) is 0 Å². The molecule has 1 heterocycles. The molecule has 4 nitrogen and oxygen atoms in total. The number of thiophene rings is 1. The van der Waals surface area contributed by atoms with E-state index in [1.807, 2.05) is 12.1 Å². The third-order valence-corrected chi connectivity index (χ3v) is 7.23. The topological polar surface area (TPSA) is 58.6 Å². The number of nitrogens with one attached hydrogen (secondary N) is 1. The fourth-order valence-corrected chi connectivity index (χ4v) is 5.29. The lowest BCUT2D eigenvalue weighted by molar-refractivity contribution is -0.143. The van der Waals surface area contributed by atoms with Crippen molar-refractivity contribution < 1.29 is 27.8 Å². The highest BCUT2D eigenvalue weighted by molar-refractivity contribution is 7.12. The summed E-state index contributed by atoms with van der Waals surface area (Å²) in [7, 11) is 0. The third kappa shape index (κ3) is 5.98. The molecule has 2 aromatic carbocycles. The monoisotopic (exact) mass is 489 g/mol. The predicted molar refractivity (Wildman–Crippen MR) is 126 cm³/mol. The summed E-state index contributed by atoms with van der Waals surface area (Å²) >= 11 is 0.702. The minimum Gasteiger partial charge on any atom is -0.488 e. The van der Waals surface area contributed by atoms with E-state index >= 15 is 0 Å². The number of rotatable bonds is 8. The molecule has 1 aliphatic rings. The average Bonchev–Trinajstić information content (AvgIpc) is 3.28. The van der Waals surface area contributed by atoms with Gasteiger partial charge in [0.05, 0.1) is 5.92 Å². The Balaban J connectivity index is 1.37. The molecule has 1 aromatic heterocycles. The van der Waals surface area contributed by atoms with Crippen molar-refractivity contribution in [3.63, 3.8) is 0 Å². The van der Waals surface area contributed by atoms with E-state index in [0.29, 0.717) is 40.5 Å². The number of ether oxygens (including phenoxy) is 1. The summed E-state index contributed by atoms with van der Waals surface area (Å²) in [5, 5.41) is 12.8. The molecule has 2 N–H and O–H groups in total. The van der Waals surface area contributed by atoms with Crippen molar-refractivity contribution in [1.82, 2.24) is 5.32 Å². The summed E-state index contributed by atoms with van der Waals surface area (Å²) in [6, 6.07) is 17.4. The van der Waals surface area contributed by atoms with Gasteiger partial charge in [-0.15, -0.1) is 11.3 Å². The first-order chi connectivity index (χ1) is 16.3. The van der Waals surface area contributed by atoms with Crippen LogP contribution < -0.4 is 10.1 Å². The number of aliphatic carboxylic acids is 1. The molecule has 1 fully saturated rings. The first kappa shape index (κ1) is 24.3. The number of alkyl halides is 3. The SMILES string of the molecule is O=C(O)C1CCCC[C@@H]1NCc1ccc(OCc2cc(-c3ccccc3)c(C(F)(F)F)s2)cc1. The van der Waals surface area contributed by atoms with Crippen LogP contribution >= 0.6 is 11.3 Å². The molecule has 0 aliphatic heterocycles. The standard InChI is InChI=1S/C26H26F3NO3S/c27-26(28,29)24-22(18-6-2-1-3-7-18)14-20(34-24)16-33-19-12-10-17(11-13-19)15-30-23-9-5-4-8-21(23)25(31)32/h1-3,6-7,10-14,21,23,30H,4-5,8-9,15-16H2,(H,31,32)/t21?,23-/m0/s1. The molecule has 2 atom stereocenters. The molecule has 34 heavy (non-hydrogen) atoms. The molecule has 1 aliphatic carbocycles. The number of carbonyl (C=O) groups is 1. The maximum Gasteiger partial charge on any atom is 0.426 e. The number of halogens is 3. The minimum atomic E-state index is -4.43. The molecule has 1 unspecified atom stereocenters. The third-order valence-electron chi connectivity index (χ3n) is 6.08. The van der Waals surface area contributed by atoms with Gasteiger partial charge < -0.3 is 15.2 Å². The highest BCUT2D eigenvalue weighted by atomic mass is 32.1. The maximum absolute atomic E-state index is 13.6. The van der Waals surface area contributed by atoms with Crippen LogP contribution in [0.5, 0.6) is 5.75 Å². The van der Waals surface area contributed by atoms with Gasteiger partial charge in [-0.2, -0.15) is 13.2 Å². The molecule has 1 saturated carbocycles. The molecule has 0 amide bonds. The van der Waals surface area contributed by atoms with Crippen LogP contribution in [-0.4, -0.2) is 17.1 Å². The zero-order valence-electron chi connectivity index (χ0n) is 18.5. The van der Waals surface area contributed by atoms with E-state index in [2.05, 4.69) is 5.32 Å². The van der Waals surface area contributed by atoms with E-state index in [9.17, 15) is 23.1 Å². The van der Waals surface area contributed by atoms with Crippen molar-refractivity contribution in [2.45, 2.75) is 51.1 Å². The summed E-state index contributed by atoms with van der Waals surface area (Å²) in [5.41, 5.74) is 1.68. The highest BCUT2D eigenvalue weighted by Gasteiger charge is 2.36. The lowest BCUT2D eigenvalue weighted by Gasteiger charge is -2.29. The summed E-state index contributed by atoms with van der Waals surface area (Å²) in [6.45, 7) is 0.593. The molecule has 0 radical (unpaired) electrons. The summed E-state index contributed by atoms with van der Waals surface area (Å²) in [5.74, 6) is -0.545. The van der Waals surface area contributed by atoms with Gasteiger partial charge in [0.25, 0.3) is 0 Å². The molecule has 180 valence electrons. The highest BCUT2D eigenvalue weighted by Crippen LogP contribution is 2.43. The van der Waals surface area contributed by atoms with Crippen LogP contribution in [0.15, 0.2) is 60.7 Å².